The number of nitrogens with one attached hydrogen (secondary N) is 1. The number of likely N-dealkylation sites (tertiary alicyclic amines) is 1. The van der Waals surface area contributed by atoms with Gasteiger partial charge in [0.15, 0.2) is 5.65 Å². The number of amides is 2. The number of carbonyl (C=O) groups excluding carboxylic acids is 3. The minimum atomic E-state index is -0.476. The lowest BCUT2D eigenvalue weighted by atomic mass is 9.96. The molecule has 0 radical (unpaired) electrons. The van der Waals surface area contributed by atoms with Crippen molar-refractivity contribution in [2.45, 2.75) is 78.9 Å². The lowest BCUT2D eigenvalue weighted by Crippen LogP contribution is -2.48. The molecule has 2 amide bonds. The Labute approximate surface area is 241 Å². The molecule has 41 heavy (non-hydrogen) atoms. The van der Waals surface area contributed by atoms with E-state index in [4.69, 9.17) is 14.8 Å². The van der Waals surface area contributed by atoms with Crippen molar-refractivity contribution in [3.63, 3.8) is 0 Å². The Balaban J connectivity index is 1.35. The molecule has 1 N–H and O–H groups in total. The van der Waals surface area contributed by atoms with E-state index in [1.807, 2.05) is 63.9 Å². The molecule has 1 aromatic carbocycles. The summed E-state index contributed by atoms with van der Waals surface area (Å²) in [5.41, 5.74) is 4.02. The number of carbonyl (C=O) groups is 3. The monoisotopic (exact) mass is 560 g/mol. The highest BCUT2D eigenvalue weighted by Crippen LogP contribution is 2.34. The highest BCUT2D eigenvalue weighted by Gasteiger charge is 2.34. The highest BCUT2D eigenvalue weighted by molar-refractivity contribution is 6.03. The fraction of sp³-hybridized carbons (Fsp3) is 0.516. The molecular formula is C31H40N6O4. The molecule has 1 atom stereocenters. The third-order valence-corrected chi connectivity index (χ3v) is 7.58. The van der Waals surface area contributed by atoms with Gasteiger partial charge in [0.05, 0.1) is 29.4 Å². The van der Waals surface area contributed by atoms with Gasteiger partial charge < -0.3 is 19.9 Å². The van der Waals surface area contributed by atoms with E-state index in [9.17, 15) is 14.4 Å². The second-order valence-corrected chi connectivity index (χ2v) is 12.4. The molecule has 0 spiro atoms. The maximum Gasteiger partial charge on any atom is 0.306 e. The first-order chi connectivity index (χ1) is 19.4. The van der Waals surface area contributed by atoms with E-state index in [-0.39, 0.29) is 29.7 Å². The molecule has 0 unspecified atom stereocenters. The Hall–Kier alpha value is -3.95. The molecule has 3 aromatic rings. The second kappa shape index (κ2) is 11.1. The largest absolute Gasteiger partial charge is 0.460 e. The van der Waals surface area contributed by atoms with Crippen molar-refractivity contribution < 1.29 is 19.1 Å². The van der Waals surface area contributed by atoms with Crippen molar-refractivity contribution in [2.75, 3.05) is 29.9 Å². The molecule has 4 heterocycles. The molecule has 10 nitrogen and oxygen atoms in total. The summed E-state index contributed by atoms with van der Waals surface area (Å²) in [6.45, 7) is 13.2. The fourth-order valence-electron chi connectivity index (χ4n) is 5.76. The van der Waals surface area contributed by atoms with Crippen LogP contribution in [0.1, 0.15) is 86.6 Å². The number of esters is 1. The Morgan fingerprint density at radius 1 is 1.10 bits per heavy atom. The lowest BCUT2D eigenvalue weighted by Gasteiger charge is -2.40. The van der Waals surface area contributed by atoms with Crippen LogP contribution in [0.4, 0.5) is 11.5 Å². The highest BCUT2D eigenvalue weighted by atomic mass is 16.6. The fourth-order valence-corrected chi connectivity index (χ4v) is 5.76. The van der Waals surface area contributed by atoms with Crippen molar-refractivity contribution in [1.29, 1.82) is 0 Å². The van der Waals surface area contributed by atoms with Crippen molar-refractivity contribution in [2.24, 2.45) is 5.92 Å². The van der Waals surface area contributed by atoms with Crippen LogP contribution in [0.2, 0.25) is 0 Å². The summed E-state index contributed by atoms with van der Waals surface area (Å²) >= 11 is 0. The van der Waals surface area contributed by atoms with E-state index in [1.165, 1.54) is 6.92 Å². The normalized spacial score (nSPS) is 17.9. The molecule has 218 valence electrons. The Kier molecular flexibility index (Phi) is 7.76. The minimum Gasteiger partial charge on any atom is -0.460 e. The van der Waals surface area contributed by atoms with Crippen molar-refractivity contribution in [1.82, 2.24) is 19.5 Å². The van der Waals surface area contributed by atoms with E-state index in [1.54, 1.807) is 10.6 Å². The zero-order chi connectivity index (χ0) is 29.5. The third-order valence-electron chi connectivity index (χ3n) is 7.58. The van der Waals surface area contributed by atoms with Gasteiger partial charge in [-0.15, -0.1) is 0 Å². The third kappa shape index (κ3) is 6.36. The van der Waals surface area contributed by atoms with Crippen LogP contribution in [0.25, 0.3) is 5.65 Å². The van der Waals surface area contributed by atoms with Gasteiger partial charge in [0.1, 0.15) is 11.4 Å². The van der Waals surface area contributed by atoms with E-state index in [0.29, 0.717) is 24.2 Å². The van der Waals surface area contributed by atoms with E-state index in [2.05, 4.69) is 10.2 Å². The quantitative estimate of drug-likeness (QED) is 0.430. The average Bonchev–Trinajstić information content (AvgIpc) is 3.27. The average molecular weight is 561 g/mol. The molecule has 0 bridgehead atoms. The Bertz CT molecular complexity index is 1480. The molecule has 2 aromatic heterocycles. The summed E-state index contributed by atoms with van der Waals surface area (Å²) < 4.78 is 7.27. The van der Waals surface area contributed by atoms with Gasteiger partial charge in [-0.25, -0.2) is 9.50 Å². The summed E-state index contributed by atoms with van der Waals surface area (Å²) in [7, 11) is 0. The number of anilines is 2. The number of hydrogen-bond acceptors (Lipinski definition) is 7. The molecular weight excluding hydrogens is 520 g/mol. The van der Waals surface area contributed by atoms with Gasteiger partial charge in [-0.2, -0.15) is 5.10 Å². The first-order valence-electron chi connectivity index (χ1n) is 14.4. The molecule has 2 aliphatic heterocycles. The Morgan fingerprint density at radius 2 is 1.85 bits per heavy atom. The van der Waals surface area contributed by atoms with Crippen LogP contribution in [0.15, 0.2) is 30.5 Å². The summed E-state index contributed by atoms with van der Waals surface area (Å²) in [6, 6.07) is 7.30. The number of benzene rings is 1. The van der Waals surface area contributed by atoms with Crippen LogP contribution in [0.3, 0.4) is 0 Å². The summed E-state index contributed by atoms with van der Waals surface area (Å²) in [6.07, 6.45) is 5.10. The lowest BCUT2D eigenvalue weighted by molar-refractivity contribution is -0.156. The van der Waals surface area contributed by atoms with Crippen LogP contribution < -0.4 is 10.2 Å². The molecule has 2 saturated heterocycles. The number of hydrogen-bond donors (Lipinski definition) is 1. The number of ether oxygens (including phenoxy) is 1. The topological polar surface area (TPSA) is 109 Å². The van der Waals surface area contributed by atoms with E-state index >= 15 is 0 Å². The predicted octanol–water partition coefficient (Wildman–Crippen LogP) is 4.84. The number of nitrogens with zero attached hydrogens (tertiary/aromatic N) is 5. The molecule has 0 aliphatic carbocycles. The number of rotatable bonds is 6. The van der Waals surface area contributed by atoms with Crippen LogP contribution in [-0.4, -0.2) is 62.5 Å². The molecule has 5 rings (SSSR count). The zero-order valence-corrected chi connectivity index (χ0v) is 24.9. The maximum atomic E-state index is 13.9. The van der Waals surface area contributed by atoms with Gasteiger partial charge in [0.25, 0.3) is 5.91 Å². The van der Waals surface area contributed by atoms with Crippen molar-refractivity contribution in [3.8, 4) is 0 Å². The molecule has 2 aliphatic rings. The molecule has 10 heteroatoms. The second-order valence-electron chi connectivity index (χ2n) is 12.4. The van der Waals surface area contributed by atoms with Gasteiger partial charge in [-0.1, -0.05) is 11.6 Å². The predicted molar refractivity (Wildman–Crippen MR) is 157 cm³/mol. The summed E-state index contributed by atoms with van der Waals surface area (Å²) in [5.74, 6) is 0.646. The number of fused-ring (bicyclic) bond motifs is 1. The first-order valence-corrected chi connectivity index (χ1v) is 14.4. The van der Waals surface area contributed by atoms with E-state index in [0.717, 1.165) is 60.6 Å². The number of aryl methyl sites for hydroxylation is 2. The van der Waals surface area contributed by atoms with Crippen LogP contribution in [0, 0.1) is 19.8 Å². The molecule has 0 saturated carbocycles. The zero-order valence-electron chi connectivity index (χ0n) is 24.9. The summed E-state index contributed by atoms with van der Waals surface area (Å²) in [4.78, 5) is 46.9. The van der Waals surface area contributed by atoms with Crippen LogP contribution >= 0.6 is 0 Å². The number of aromatic nitrogens is 3. The standard InChI is InChI=1S/C31H40N6O4/c1-19-10-11-24(32-21(3)38)23(13-19)30(40)36-12-8-7-9-26(36)25-15-27-33-29(20(2)16-37(27)34-25)35-17-22(18-35)14-28(39)41-31(4,5)6/h10-11,13,15-16,22,26H,7-9,12,14,17-18H2,1-6H3,(H,32,38)/t26-/m0/s1. The first kappa shape index (κ1) is 28.6. The maximum absolute atomic E-state index is 13.9. The van der Waals surface area contributed by atoms with Crippen LogP contribution in [-0.2, 0) is 14.3 Å². The smallest absolute Gasteiger partial charge is 0.306 e. The Morgan fingerprint density at radius 3 is 2.56 bits per heavy atom. The van der Waals surface area contributed by atoms with Gasteiger partial charge in [0, 0.05) is 50.3 Å². The number of piperidine rings is 1. The van der Waals surface area contributed by atoms with Gasteiger partial charge in [0.2, 0.25) is 5.91 Å². The molecule has 2 fully saturated rings. The van der Waals surface area contributed by atoms with Gasteiger partial charge >= 0.3 is 5.97 Å². The summed E-state index contributed by atoms with van der Waals surface area (Å²) in [5, 5.41) is 7.66. The van der Waals surface area contributed by atoms with Gasteiger partial charge in [-0.05, 0) is 66.0 Å². The van der Waals surface area contributed by atoms with E-state index < -0.39 is 5.60 Å². The van der Waals surface area contributed by atoms with Crippen molar-refractivity contribution >= 4 is 34.9 Å². The van der Waals surface area contributed by atoms with Gasteiger partial charge in [-0.3, -0.25) is 14.4 Å². The van der Waals surface area contributed by atoms with Crippen LogP contribution in [0.5, 0.6) is 0 Å². The minimum absolute atomic E-state index is 0.111. The SMILES string of the molecule is CC(=O)Nc1ccc(C)cc1C(=O)N1CCCC[C@H]1c1cc2nc(N3CC(CC(=O)OC(C)(C)C)C3)c(C)cn2n1. The van der Waals surface area contributed by atoms with Crippen molar-refractivity contribution in [3.05, 3.63) is 52.8 Å².